The number of hydrogen-bond acceptors (Lipinski definition) is 4. The van der Waals surface area contributed by atoms with Crippen molar-refractivity contribution in [2.45, 2.75) is 194 Å². The van der Waals surface area contributed by atoms with Gasteiger partial charge in [-0.05, 0) is 19.8 Å². The molecule has 0 N–H and O–H groups in total. The second-order valence-corrected chi connectivity index (χ2v) is 11.3. The summed E-state index contributed by atoms with van der Waals surface area (Å²) in [7, 11) is 0. The van der Waals surface area contributed by atoms with Gasteiger partial charge in [-0.15, -0.1) is 0 Å². The van der Waals surface area contributed by atoms with Gasteiger partial charge in [-0.3, -0.25) is 9.59 Å². The number of rotatable bonds is 29. The highest BCUT2D eigenvalue weighted by atomic mass is 16.6. The molecule has 0 saturated heterocycles. The van der Waals surface area contributed by atoms with Gasteiger partial charge in [-0.2, -0.15) is 0 Å². The Kier molecular flexibility index (Phi) is 28.7. The zero-order chi connectivity index (χ0) is 27.2. The Morgan fingerprint density at radius 1 is 0.459 bits per heavy atom. The van der Waals surface area contributed by atoms with Crippen LogP contribution in [-0.4, -0.2) is 24.6 Å². The molecule has 0 fully saturated rings. The number of ether oxygens (including phenoxy) is 2. The SMILES string of the molecule is CCCCCCCCCCCCCCCCCCC(=O)OCC(C)OC(=O)CCCCCCCCCC. The molecule has 0 aromatic rings. The highest BCUT2D eigenvalue weighted by molar-refractivity contribution is 5.70. The van der Waals surface area contributed by atoms with Gasteiger partial charge in [0.25, 0.3) is 0 Å². The van der Waals surface area contributed by atoms with Gasteiger partial charge >= 0.3 is 11.9 Å². The molecule has 0 saturated carbocycles. The molecule has 220 valence electrons. The first-order valence-electron chi connectivity index (χ1n) is 16.4. The Hall–Kier alpha value is -1.06. The minimum atomic E-state index is -0.365. The summed E-state index contributed by atoms with van der Waals surface area (Å²) in [5, 5.41) is 0. The summed E-state index contributed by atoms with van der Waals surface area (Å²) in [6.45, 7) is 6.48. The van der Waals surface area contributed by atoms with Crippen LogP contribution >= 0.6 is 0 Å². The van der Waals surface area contributed by atoms with Gasteiger partial charge in [-0.1, -0.05) is 155 Å². The number of unbranched alkanes of at least 4 members (excludes halogenated alkanes) is 22. The molecular weight excluding hydrogens is 460 g/mol. The maximum Gasteiger partial charge on any atom is 0.306 e. The summed E-state index contributed by atoms with van der Waals surface area (Å²) in [6.07, 6.45) is 31.4. The zero-order valence-electron chi connectivity index (χ0n) is 25.3. The molecular formula is C33H64O4. The van der Waals surface area contributed by atoms with E-state index in [9.17, 15) is 9.59 Å². The Morgan fingerprint density at radius 3 is 1.11 bits per heavy atom. The maximum atomic E-state index is 12.0. The molecule has 0 rings (SSSR count). The number of carbonyl (C=O) groups excluding carboxylic acids is 2. The predicted molar refractivity (Wildman–Crippen MR) is 158 cm³/mol. The lowest BCUT2D eigenvalue weighted by Crippen LogP contribution is -2.22. The Balaban J connectivity index is 3.38. The van der Waals surface area contributed by atoms with Gasteiger partial charge in [0, 0.05) is 12.8 Å². The maximum absolute atomic E-state index is 12.0. The molecule has 0 bridgehead atoms. The lowest BCUT2D eigenvalue weighted by Gasteiger charge is -2.13. The average molecular weight is 525 g/mol. The van der Waals surface area contributed by atoms with E-state index in [-0.39, 0.29) is 24.6 Å². The van der Waals surface area contributed by atoms with Crippen LogP contribution in [0.1, 0.15) is 188 Å². The molecule has 1 unspecified atom stereocenters. The molecule has 37 heavy (non-hydrogen) atoms. The first kappa shape index (κ1) is 35.9. The second-order valence-electron chi connectivity index (χ2n) is 11.3. The summed E-state index contributed by atoms with van der Waals surface area (Å²) in [6, 6.07) is 0. The van der Waals surface area contributed by atoms with Crippen LogP contribution in [0.4, 0.5) is 0 Å². The van der Waals surface area contributed by atoms with Crippen LogP contribution in [0, 0.1) is 0 Å². The molecule has 0 heterocycles. The molecule has 1 atom stereocenters. The summed E-state index contributed by atoms with van der Waals surface area (Å²) in [5.74, 6) is -0.344. The third kappa shape index (κ3) is 29.4. The molecule has 0 aliphatic heterocycles. The van der Waals surface area contributed by atoms with E-state index in [0.717, 1.165) is 25.7 Å². The molecule has 0 aliphatic carbocycles. The highest BCUT2D eigenvalue weighted by Crippen LogP contribution is 2.14. The van der Waals surface area contributed by atoms with Crippen LogP contribution in [0.3, 0.4) is 0 Å². The lowest BCUT2D eigenvalue weighted by molar-refractivity contribution is -0.158. The predicted octanol–water partition coefficient (Wildman–Crippen LogP) is 10.6. The minimum absolute atomic E-state index is 0.168. The number of hydrogen-bond donors (Lipinski definition) is 0. The van der Waals surface area contributed by atoms with Crippen LogP contribution < -0.4 is 0 Å². The van der Waals surface area contributed by atoms with Crippen molar-refractivity contribution in [1.82, 2.24) is 0 Å². The fraction of sp³-hybridized carbons (Fsp3) is 0.939. The molecule has 0 aliphatic rings. The van der Waals surface area contributed by atoms with Crippen molar-refractivity contribution in [3.63, 3.8) is 0 Å². The van der Waals surface area contributed by atoms with E-state index in [4.69, 9.17) is 9.47 Å². The molecule has 0 spiro atoms. The molecule has 4 heteroatoms. The van der Waals surface area contributed by atoms with Gasteiger partial charge < -0.3 is 9.47 Å². The molecule has 4 nitrogen and oxygen atoms in total. The Morgan fingerprint density at radius 2 is 0.757 bits per heavy atom. The van der Waals surface area contributed by atoms with Gasteiger partial charge in [0.15, 0.2) is 0 Å². The van der Waals surface area contributed by atoms with Crippen molar-refractivity contribution in [2.24, 2.45) is 0 Å². The van der Waals surface area contributed by atoms with Gasteiger partial charge in [0.1, 0.15) is 12.7 Å². The third-order valence-electron chi connectivity index (χ3n) is 7.28. The third-order valence-corrected chi connectivity index (χ3v) is 7.28. The van der Waals surface area contributed by atoms with Crippen LogP contribution in [-0.2, 0) is 19.1 Å². The fourth-order valence-corrected chi connectivity index (χ4v) is 4.82. The summed E-state index contributed by atoms with van der Waals surface area (Å²) >= 11 is 0. The fourth-order valence-electron chi connectivity index (χ4n) is 4.82. The quantitative estimate of drug-likeness (QED) is 0.0721. The summed E-state index contributed by atoms with van der Waals surface area (Å²) in [4.78, 5) is 23.9. The van der Waals surface area contributed by atoms with Gasteiger partial charge in [0.05, 0.1) is 0 Å². The van der Waals surface area contributed by atoms with Crippen LogP contribution in [0.25, 0.3) is 0 Å². The normalized spacial score (nSPS) is 12.0. The van der Waals surface area contributed by atoms with E-state index in [1.165, 1.54) is 128 Å². The van der Waals surface area contributed by atoms with E-state index in [2.05, 4.69) is 13.8 Å². The van der Waals surface area contributed by atoms with Crippen LogP contribution in [0.5, 0.6) is 0 Å². The summed E-state index contributed by atoms with van der Waals surface area (Å²) in [5.41, 5.74) is 0. The van der Waals surface area contributed by atoms with Gasteiger partial charge in [0.2, 0.25) is 0 Å². The lowest BCUT2D eigenvalue weighted by atomic mass is 10.0. The number of esters is 2. The number of carbonyl (C=O) groups is 2. The summed E-state index contributed by atoms with van der Waals surface area (Å²) < 4.78 is 10.7. The highest BCUT2D eigenvalue weighted by Gasteiger charge is 2.12. The molecule has 0 amide bonds. The standard InChI is InChI=1S/C33H64O4/c1-4-6-8-10-12-14-15-16-17-18-19-20-21-23-24-26-28-32(34)36-30-31(3)37-33(35)29-27-25-22-13-11-9-7-5-2/h31H,4-30H2,1-3H3. The van der Waals surface area contributed by atoms with E-state index in [0.29, 0.717) is 12.8 Å². The van der Waals surface area contributed by atoms with Crippen molar-refractivity contribution in [2.75, 3.05) is 6.61 Å². The average Bonchev–Trinajstić information content (AvgIpc) is 2.88. The first-order chi connectivity index (χ1) is 18.1. The van der Waals surface area contributed by atoms with Crippen molar-refractivity contribution < 1.29 is 19.1 Å². The van der Waals surface area contributed by atoms with Crippen LogP contribution in [0.15, 0.2) is 0 Å². The monoisotopic (exact) mass is 524 g/mol. The van der Waals surface area contributed by atoms with Crippen molar-refractivity contribution in [3.05, 3.63) is 0 Å². The zero-order valence-corrected chi connectivity index (χ0v) is 25.3. The second kappa shape index (κ2) is 29.5. The minimum Gasteiger partial charge on any atom is -0.462 e. The molecule has 0 aromatic heterocycles. The first-order valence-corrected chi connectivity index (χ1v) is 16.4. The Labute approximate surface area is 231 Å². The Bertz CT molecular complexity index is 491. The van der Waals surface area contributed by atoms with E-state index in [1.54, 1.807) is 6.92 Å². The topological polar surface area (TPSA) is 52.6 Å². The van der Waals surface area contributed by atoms with E-state index >= 15 is 0 Å². The van der Waals surface area contributed by atoms with Crippen LogP contribution in [0.2, 0.25) is 0 Å². The van der Waals surface area contributed by atoms with Gasteiger partial charge in [-0.25, -0.2) is 0 Å². The van der Waals surface area contributed by atoms with E-state index < -0.39 is 0 Å². The molecule has 0 aromatic carbocycles. The molecule has 0 radical (unpaired) electrons. The smallest absolute Gasteiger partial charge is 0.306 e. The van der Waals surface area contributed by atoms with Crippen molar-refractivity contribution in [1.29, 1.82) is 0 Å². The largest absolute Gasteiger partial charge is 0.462 e. The van der Waals surface area contributed by atoms with E-state index in [1.807, 2.05) is 0 Å². The van der Waals surface area contributed by atoms with Crippen molar-refractivity contribution in [3.8, 4) is 0 Å². The van der Waals surface area contributed by atoms with Crippen molar-refractivity contribution >= 4 is 11.9 Å².